The predicted molar refractivity (Wildman–Crippen MR) is 80.6 cm³/mol. The van der Waals surface area contributed by atoms with Crippen LogP contribution in [0.4, 0.5) is 11.4 Å². The Labute approximate surface area is 117 Å². The average molecular weight is 288 g/mol. The summed E-state index contributed by atoms with van der Waals surface area (Å²) in [5, 5.41) is 9.49. The molecule has 6 nitrogen and oxygen atoms in total. The Morgan fingerprint density at radius 1 is 1.44 bits per heavy atom. The first kappa shape index (κ1) is 16.5. The van der Waals surface area contributed by atoms with E-state index in [-0.39, 0.29) is 17.0 Å². The number of aliphatic imine (C=N–C) groups is 1. The zero-order valence-corrected chi connectivity index (χ0v) is 11.8. The second-order valence-electron chi connectivity index (χ2n) is 2.76. The number of phenols is 1. The van der Waals surface area contributed by atoms with Crippen molar-refractivity contribution in [1.29, 1.82) is 0 Å². The number of hydrogen-bond donors (Lipinski definition) is 6. The second kappa shape index (κ2) is 8.54. The van der Waals surface area contributed by atoms with Gasteiger partial charge in [-0.15, -0.1) is 0 Å². The monoisotopic (exact) mass is 288 g/mol. The molecule has 8 heteroatoms. The molecule has 0 bridgehead atoms. The molecule has 0 heterocycles. The van der Waals surface area contributed by atoms with Gasteiger partial charge in [-0.1, -0.05) is 39.5 Å². The summed E-state index contributed by atoms with van der Waals surface area (Å²) < 4.78 is 4.49. The molecule has 0 radical (unpaired) electrons. The van der Waals surface area contributed by atoms with Gasteiger partial charge in [0.15, 0.2) is 0 Å². The number of nitrogens with zero attached hydrogens (tertiary/aromatic N) is 1. The molecular weight excluding hydrogens is 272 g/mol. The van der Waals surface area contributed by atoms with Gasteiger partial charge in [-0.05, 0) is 6.07 Å². The van der Waals surface area contributed by atoms with Gasteiger partial charge in [-0.25, -0.2) is 4.99 Å². The second-order valence-corrected chi connectivity index (χ2v) is 3.24. The number of hydrogen-bond acceptors (Lipinski definition) is 6. The zero-order valence-electron chi connectivity index (χ0n) is 10.0. The molecule has 1 aromatic rings. The Kier molecular flexibility index (Phi) is 7.81. The maximum atomic E-state index is 11.3. The Balaban J connectivity index is 0.00000137. The molecule has 1 amide bonds. The van der Waals surface area contributed by atoms with E-state index >= 15 is 0 Å². The van der Waals surface area contributed by atoms with E-state index in [0.717, 1.165) is 0 Å². The molecule has 0 aliphatic rings. The van der Waals surface area contributed by atoms with Crippen LogP contribution in [0.25, 0.3) is 0 Å². The Bertz CT molecular complexity index is 438. The third-order valence-corrected chi connectivity index (χ3v) is 2.07. The highest BCUT2D eigenvalue weighted by Crippen LogP contribution is 2.30. The summed E-state index contributed by atoms with van der Waals surface area (Å²) in [6.45, 7) is 4.00. The lowest BCUT2D eigenvalue weighted by molar-refractivity contribution is 0.0982. The van der Waals surface area contributed by atoms with Crippen molar-refractivity contribution < 1.29 is 9.90 Å². The first-order chi connectivity index (χ1) is 8.60. The zero-order chi connectivity index (χ0) is 14.1. The Hall–Kier alpha value is -1.54. The average Bonchev–Trinajstić information content (AvgIpc) is 2.39. The van der Waals surface area contributed by atoms with Crippen LogP contribution >= 0.6 is 25.6 Å². The van der Waals surface area contributed by atoms with Crippen LogP contribution < -0.4 is 15.2 Å². The third-order valence-electron chi connectivity index (χ3n) is 1.75. The van der Waals surface area contributed by atoms with E-state index in [4.69, 9.17) is 5.73 Å². The summed E-state index contributed by atoms with van der Waals surface area (Å²) in [4.78, 5) is 15.2. The summed E-state index contributed by atoms with van der Waals surface area (Å²) in [6, 6.07) is 2.58. The predicted octanol–water partition coefficient (Wildman–Crippen LogP) is 1.67. The molecule has 0 atom stereocenters. The molecule has 0 spiro atoms. The van der Waals surface area contributed by atoms with Crippen molar-refractivity contribution in [1.82, 2.24) is 9.44 Å². The van der Waals surface area contributed by atoms with Crippen LogP contribution in [-0.2, 0) is 0 Å². The van der Waals surface area contributed by atoms with Crippen LogP contribution in [0.2, 0.25) is 0 Å². The van der Waals surface area contributed by atoms with Gasteiger partial charge in [0.05, 0.1) is 23.3 Å². The normalized spacial score (nSPS) is 9.56. The lowest BCUT2D eigenvalue weighted by Crippen LogP contribution is -2.12. The molecular formula is C10H16N4O2S2. The molecule has 0 aromatic heterocycles. The molecule has 0 saturated carbocycles. The van der Waals surface area contributed by atoms with Crippen LogP contribution in [0.5, 0.6) is 5.75 Å². The first-order valence-corrected chi connectivity index (χ1v) is 5.98. The Morgan fingerprint density at radius 2 is 2.06 bits per heavy atom. The van der Waals surface area contributed by atoms with Crippen molar-refractivity contribution in [2.24, 2.45) is 4.99 Å². The van der Waals surface area contributed by atoms with Crippen LogP contribution in [-0.4, -0.2) is 17.4 Å². The fourth-order valence-electron chi connectivity index (χ4n) is 1.05. The number of nitrogens with two attached hydrogens (primary N) is 1. The highest BCUT2D eigenvalue weighted by molar-refractivity contribution is 7.78. The Morgan fingerprint density at radius 3 is 2.56 bits per heavy atom. The molecule has 1 rings (SSSR count). The largest absolute Gasteiger partial charge is 0.507 e. The number of carbonyl (C=O) groups is 1. The van der Waals surface area contributed by atoms with Gasteiger partial charge in [0.25, 0.3) is 5.91 Å². The lowest BCUT2D eigenvalue weighted by Gasteiger charge is -2.06. The SMILES string of the molecule is CC.Nc1cc(O)c(C(=O)NS)cc1N=CNS. The quantitative estimate of drug-likeness (QED) is 0.220. The van der Waals surface area contributed by atoms with Gasteiger partial charge in [-0.3, -0.25) is 9.52 Å². The van der Waals surface area contributed by atoms with Crippen molar-refractivity contribution in [3.05, 3.63) is 17.7 Å². The van der Waals surface area contributed by atoms with Crippen molar-refractivity contribution >= 4 is 49.3 Å². The minimum Gasteiger partial charge on any atom is -0.507 e. The van der Waals surface area contributed by atoms with E-state index in [2.05, 4.69) is 40.1 Å². The van der Waals surface area contributed by atoms with Crippen molar-refractivity contribution in [2.45, 2.75) is 13.8 Å². The number of benzene rings is 1. The maximum absolute atomic E-state index is 11.3. The van der Waals surface area contributed by atoms with Crippen molar-refractivity contribution in [2.75, 3.05) is 5.73 Å². The van der Waals surface area contributed by atoms with E-state index in [9.17, 15) is 9.90 Å². The van der Waals surface area contributed by atoms with E-state index < -0.39 is 5.91 Å². The number of carbonyl (C=O) groups excluding carboxylic acids is 1. The fourth-order valence-corrected chi connectivity index (χ4v) is 1.22. The minimum absolute atomic E-state index is 0.0375. The number of amides is 1. The number of aromatic hydroxyl groups is 1. The molecule has 1 aromatic carbocycles. The molecule has 0 aliphatic heterocycles. The number of nitrogen functional groups attached to an aromatic ring is 1. The molecule has 5 N–H and O–H groups in total. The molecule has 18 heavy (non-hydrogen) atoms. The number of thiol groups is 2. The molecule has 0 unspecified atom stereocenters. The molecule has 100 valence electrons. The highest BCUT2D eigenvalue weighted by atomic mass is 32.1. The van der Waals surface area contributed by atoms with Gasteiger partial charge < -0.3 is 15.6 Å². The number of nitrogens with one attached hydrogen (secondary N) is 2. The van der Waals surface area contributed by atoms with Crippen molar-refractivity contribution in [3.8, 4) is 5.75 Å². The molecule has 0 aliphatic carbocycles. The van der Waals surface area contributed by atoms with Gasteiger partial charge in [-0.2, -0.15) is 0 Å². The third kappa shape index (κ3) is 4.38. The molecule has 0 fully saturated rings. The van der Waals surface area contributed by atoms with Gasteiger partial charge in [0.1, 0.15) is 5.75 Å². The maximum Gasteiger partial charge on any atom is 0.264 e. The van der Waals surface area contributed by atoms with Gasteiger partial charge >= 0.3 is 0 Å². The van der Waals surface area contributed by atoms with E-state index in [1.807, 2.05) is 13.8 Å². The highest BCUT2D eigenvalue weighted by Gasteiger charge is 2.12. The summed E-state index contributed by atoms with van der Waals surface area (Å²) >= 11 is 7.31. The van der Waals surface area contributed by atoms with E-state index in [1.165, 1.54) is 18.5 Å². The number of rotatable bonds is 3. The van der Waals surface area contributed by atoms with Crippen molar-refractivity contribution in [3.63, 3.8) is 0 Å². The van der Waals surface area contributed by atoms with Crippen LogP contribution in [0, 0.1) is 0 Å². The van der Waals surface area contributed by atoms with Gasteiger partial charge in [0.2, 0.25) is 0 Å². The van der Waals surface area contributed by atoms with E-state index in [0.29, 0.717) is 5.69 Å². The smallest absolute Gasteiger partial charge is 0.264 e. The summed E-state index contributed by atoms with van der Waals surface area (Å²) in [7, 11) is 0. The number of anilines is 1. The standard InChI is InChI=1S/C8H10N4O2S2.C2H6/c9-5-2-7(13)4(8(14)12-16)1-6(5)10-3-11-15;1-2/h1-3,13,15-16H,9H2,(H,10,11)(H,12,14);1-2H3. The minimum atomic E-state index is -0.545. The summed E-state index contributed by atoms with van der Waals surface area (Å²) in [6.07, 6.45) is 1.29. The first-order valence-electron chi connectivity index (χ1n) is 5.09. The number of phenolic OH excluding ortho intramolecular Hbond substituents is 1. The summed E-state index contributed by atoms with van der Waals surface area (Å²) in [5.41, 5.74) is 6.22. The van der Waals surface area contributed by atoms with Crippen LogP contribution in [0.15, 0.2) is 17.1 Å². The molecule has 0 saturated heterocycles. The lowest BCUT2D eigenvalue weighted by atomic mass is 10.1. The topological polar surface area (TPSA) is 99.7 Å². The van der Waals surface area contributed by atoms with Crippen LogP contribution in [0.3, 0.4) is 0 Å². The summed E-state index contributed by atoms with van der Waals surface area (Å²) in [5.74, 6) is -0.780. The van der Waals surface area contributed by atoms with Gasteiger partial charge in [0, 0.05) is 6.07 Å². The fraction of sp³-hybridized carbons (Fsp3) is 0.200. The van der Waals surface area contributed by atoms with Crippen LogP contribution in [0.1, 0.15) is 24.2 Å². The van der Waals surface area contributed by atoms with E-state index in [1.54, 1.807) is 0 Å².